The van der Waals surface area contributed by atoms with Crippen molar-refractivity contribution in [2.75, 3.05) is 50.7 Å². The zero-order valence-corrected chi connectivity index (χ0v) is 44.7. The average molecular weight is 1090 g/mol. The Bertz CT molecular complexity index is 3570. The number of nitrogens with one attached hydrogen (secondary N) is 3. The number of ether oxygens (including phenoxy) is 5. The summed E-state index contributed by atoms with van der Waals surface area (Å²) in [7, 11) is 3.14. The lowest BCUT2D eigenvalue weighted by Gasteiger charge is -2.28. The lowest BCUT2D eigenvalue weighted by molar-refractivity contribution is 0.0569. The van der Waals surface area contributed by atoms with E-state index in [9.17, 15) is 31.9 Å². The van der Waals surface area contributed by atoms with Gasteiger partial charge in [-0.15, -0.1) is 0 Å². The second kappa shape index (κ2) is 23.6. The molecule has 16 nitrogen and oxygen atoms in total. The SMILES string of the molecule is COCCN(C(=O)OC(C)(C)C)c1cc(Oc2ccc(F)c(F)c2)cn2c(-c3ccc(C(=O)NC4CC4)c(C)c3)cnc12.COCCNc1cc(Oc2ccc(F)c(F)c2)cn2c(-c3ccc(C(=O)NC4CC4)c(C)c3)cnc12. The molecule has 79 heavy (non-hydrogen) atoms. The van der Waals surface area contributed by atoms with Gasteiger partial charge in [0, 0.05) is 79.4 Å². The van der Waals surface area contributed by atoms with Crippen molar-refractivity contribution in [3.8, 4) is 45.5 Å². The summed E-state index contributed by atoms with van der Waals surface area (Å²) in [4.78, 5) is 49.3. The number of aromatic nitrogens is 4. The van der Waals surface area contributed by atoms with Crippen LogP contribution >= 0.6 is 0 Å². The second-order valence-corrected chi connectivity index (χ2v) is 20.3. The molecule has 3 N–H and O–H groups in total. The van der Waals surface area contributed by atoms with Crippen LogP contribution in [0.15, 0.2) is 110 Å². The molecule has 0 unspecified atom stereocenters. The van der Waals surface area contributed by atoms with Gasteiger partial charge in [-0.3, -0.25) is 23.3 Å². The number of pyridine rings is 2. The minimum absolute atomic E-state index is 0.0634. The Hall–Kier alpha value is -8.49. The van der Waals surface area contributed by atoms with Crippen molar-refractivity contribution < 1.29 is 55.6 Å². The highest BCUT2D eigenvalue weighted by molar-refractivity contribution is 5.98. The zero-order chi connectivity index (χ0) is 56.1. The van der Waals surface area contributed by atoms with Gasteiger partial charge in [0.1, 0.15) is 28.6 Å². The molecule has 2 aliphatic rings. The van der Waals surface area contributed by atoms with Crippen LogP contribution in [0.2, 0.25) is 0 Å². The summed E-state index contributed by atoms with van der Waals surface area (Å²) in [5, 5.41) is 9.32. The third-order valence-corrected chi connectivity index (χ3v) is 12.8. The van der Waals surface area contributed by atoms with E-state index in [4.69, 9.17) is 23.7 Å². The van der Waals surface area contributed by atoms with Crippen LogP contribution in [0.5, 0.6) is 23.0 Å². The van der Waals surface area contributed by atoms with Crippen LogP contribution in [0.25, 0.3) is 33.8 Å². The summed E-state index contributed by atoms with van der Waals surface area (Å²) in [6.07, 6.45) is 10.2. The van der Waals surface area contributed by atoms with Crippen LogP contribution < -0.4 is 30.3 Å². The quantitative estimate of drug-likeness (QED) is 0.0552. The molecule has 0 spiro atoms. The van der Waals surface area contributed by atoms with Gasteiger partial charge < -0.3 is 39.6 Å². The lowest BCUT2D eigenvalue weighted by Crippen LogP contribution is -2.39. The molecule has 0 bridgehead atoms. The summed E-state index contributed by atoms with van der Waals surface area (Å²) in [6, 6.07) is 21.6. The maximum absolute atomic E-state index is 14.0. The van der Waals surface area contributed by atoms with E-state index in [2.05, 4.69) is 25.9 Å². The van der Waals surface area contributed by atoms with Crippen molar-refractivity contribution in [1.82, 2.24) is 29.4 Å². The van der Waals surface area contributed by atoms with Gasteiger partial charge in [-0.2, -0.15) is 0 Å². The van der Waals surface area contributed by atoms with E-state index in [0.29, 0.717) is 58.4 Å². The average Bonchev–Trinajstić information content (AvgIpc) is 4.51. The van der Waals surface area contributed by atoms with Gasteiger partial charge in [-0.25, -0.2) is 32.3 Å². The van der Waals surface area contributed by atoms with Gasteiger partial charge in [0.2, 0.25) is 0 Å². The monoisotopic (exact) mass is 1080 g/mol. The number of halogens is 4. The van der Waals surface area contributed by atoms with Crippen LogP contribution in [0, 0.1) is 37.1 Å². The molecule has 4 aromatic heterocycles. The number of amides is 3. The summed E-state index contributed by atoms with van der Waals surface area (Å²) < 4.78 is 86.2. The molecule has 20 heteroatoms. The van der Waals surface area contributed by atoms with Gasteiger partial charge in [-0.05, 0) is 120 Å². The fourth-order valence-corrected chi connectivity index (χ4v) is 8.56. The molecular formula is C59H60F4N8O8. The Labute approximate surface area is 453 Å². The number of hydrogen-bond acceptors (Lipinski definition) is 11. The lowest BCUT2D eigenvalue weighted by atomic mass is 10.0. The molecule has 0 radical (unpaired) electrons. The first-order valence-corrected chi connectivity index (χ1v) is 25.7. The van der Waals surface area contributed by atoms with Crippen molar-refractivity contribution in [1.29, 1.82) is 0 Å². The molecule has 10 rings (SSSR count). The second-order valence-electron chi connectivity index (χ2n) is 20.3. The maximum atomic E-state index is 14.0. The van der Waals surface area contributed by atoms with Gasteiger partial charge >= 0.3 is 6.09 Å². The number of carbonyl (C=O) groups is 3. The zero-order valence-electron chi connectivity index (χ0n) is 44.7. The van der Waals surface area contributed by atoms with Gasteiger partial charge in [-0.1, -0.05) is 12.1 Å². The minimum Gasteiger partial charge on any atom is -0.456 e. The third kappa shape index (κ3) is 13.4. The number of nitrogens with zero attached hydrogens (tertiary/aromatic N) is 5. The predicted molar refractivity (Wildman–Crippen MR) is 290 cm³/mol. The normalized spacial score (nSPS) is 13.2. The van der Waals surface area contributed by atoms with Crippen molar-refractivity contribution in [3.63, 3.8) is 0 Å². The molecule has 3 amide bonds. The Morgan fingerprint density at radius 2 is 1.11 bits per heavy atom. The largest absolute Gasteiger partial charge is 0.456 e. The molecule has 0 aliphatic heterocycles. The van der Waals surface area contributed by atoms with Crippen LogP contribution in [-0.2, 0) is 14.2 Å². The van der Waals surface area contributed by atoms with Crippen LogP contribution in [0.4, 0.5) is 33.7 Å². The van der Waals surface area contributed by atoms with E-state index in [1.807, 2.05) is 48.6 Å². The fraction of sp³-hybridized carbons (Fsp3) is 0.305. The maximum Gasteiger partial charge on any atom is 0.415 e. The summed E-state index contributed by atoms with van der Waals surface area (Å²) in [5.41, 5.74) is 7.30. The highest BCUT2D eigenvalue weighted by Crippen LogP contribution is 2.36. The number of carbonyl (C=O) groups excluding carboxylic acids is 3. The standard InChI is InChI=1S/C32H34F2N4O5.C27H26F2N4O3/c1-19-14-20(6-10-24(19)30(39)36-21-7-8-21)28-17-35-29-27(37(12-13-41-5)31(40)43-32(2,3)4)16-23(18-38(28)29)42-22-9-11-25(33)26(34)15-22;1-16-11-17(3-7-21(16)27(34)32-18-4-5-18)25-14-31-26-24(30-9-10-35-2)13-20(15-33(25)26)36-19-6-8-22(28)23(29)12-19/h6,9-11,14-18,21H,7-8,12-13H2,1-5H3,(H,36,39);3,6-8,11-15,18,30H,4-5,9-10H2,1-2H3,(H,32,34). The number of benzene rings is 4. The van der Waals surface area contributed by atoms with Gasteiger partial charge in [0.05, 0.1) is 67.3 Å². The first-order chi connectivity index (χ1) is 37.9. The van der Waals surface area contributed by atoms with Crippen molar-refractivity contribution in [2.24, 2.45) is 0 Å². The van der Waals surface area contributed by atoms with Crippen molar-refractivity contribution in [3.05, 3.63) is 155 Å². The highest BCUT2D eigenvalue weighted by Gasteiger charge is 2.29. The van der Waals surface area contributed by atoms with E-state index in [0.717, 1.165) is 77.9 Å². The Balaban J connectivity index is 0.000000195. The number of aryl methyl sites for hydroxylation is 2. The molecule has 2 fully saturated rings. The first kappa shape index (κ1) is 55.3. The number of fused-ring (bicyclic) bond motifs is 2. The van der Waals surface area contributed by atoms with E-state index in [-0.39, 0.29) is 54.3 Å². The van der Waals surface area contributed by atoms with Crippen molar-refractivity contribution in [2.45, 2.75) is 78.0 Å². The summed E-state index contributed by atoms with van der Waals surface area (Å²) in [5.74, 6) is -3.29. The van der Waals surface area contributed by atoms with Crippen LogP contribution in [-0.4, -0.2) is 94.9 Å². The van der Waals surface area contributed by atoms with Crippen molar-refractivity contribution >= 4 is 40.6 Å². The van der Waals surface area contributed by atoms with E-state index in [1.165, 1.54) is 24.1 Å². The van der Waals surface area contributed by atoms with Crippen LogP contribution in [0.1, 0.15) is 78.3 Å². The number of anilines is 2. The van der Waals surface area contributed by atoms with Crippen LogP contribution in [0.3, 0.4) is 0 Å². The van der Waals surface area contributed by atoms with Gasteiger partial charge in [0.25, 0.3) is 11.8 Å². The predicted octanol–water partition coefficient (Wildman–Crippen LogP) is 12.0. The van der Waals surface area contributed by atoms with E-state index < -0.39 is 35.0 Å². The Morgan fingerprint density at radius 3 is 1.58 bits per heavy atom. The molecule has 412 valence electrons. The molecule has 8 aromatic rings. The Kier molecular flexibility index (Phi) is 16.5. The number of rotatable bonds is 18. The number of hydrogen-bond donors (Lipinski definition) is 3. The molecule has 4 aromatic carbocycles. The summed E-state index contributed by atoms with van der Waals surface area (Å²) >= 11 is 0. The fourth-order valence-electron chi connectivity index (χ4n) is 8.56. The molecule has 2 aliphatic carbocycles. The highest BCUT2D eigenvalue weighted by atomic mass is 19.2. The van der Waals surface area contributed by atoms with E-state index >= 15 is 0 Å². The van der Waals surface area contributed by atoms with E-state index in [1.54, 1.807) is 75.3 Å². The smallest absolute Gasteiger partial charge is 0.415 e. The Morgan fingerprint density at radius 1 is 0.620 bits per heavy atom. The minimum atomic E-state index is -1.06. The summed E-state index contributed by atoms with van der Waals surface area (Å²) in [6.45, 7) is 10.4. The molecule has 0 atom stereocenters. The number of imidazole rings is 2. The third-order valence-electron chi connectivity index (χ3n) is 12.8. The topological polar surface area (TPSA) is 171 Å². The molecule has 4 heterocycles. The molecule has 2 saturated carbocycles. The first-order valence-electron chi connectivity index (χ1n) is 25.7. The van der Waals surface area contributed by atoms with Gasteiger partial charge in [0.15, 0.2) is 34.6 Å². The number of methoxy groups -OCH3 is 2. The molecular weight excluding hydrogens is 1020 g/mol. The molecule has 0 saturated heterocycles.